The molecule has 0 spiro atoms. The number of hydrogen-bond acceptors (Lipinski definition) is 5. The minimum atomic E-state index is 0.170. The predicted octanol–water partition coefficient (Wildman–Crippen LogP) is 1.67. The van der Waals surface area contributed by atoms with Gasteiger partial charge >= 0.3 is 0 Å². The standard InChI is InChI=1S/C11H15N5O/c1-2-3-4-5-6-17-10-8-9(14-7-13-8)15-11(12)16-10/h3-4,7H,2,5-6H2,1H3,(H3,12,13,14,15,16). The molecule has 0 bridgehead atoms. The Morgan fingerprint density at radius 3 is 3.12 bits per heavy atom. The van der Waals surface area contributed by atoms with Gasteiger partial charge in [-0.25, -0.2) is 4.98 Å². The summed E-state index contributed by atoms with van der Waals surface area (Å²) >= 11 is 0. The highest BCUT2D eigenvalue weighted by Crippen LogP contribution is 2.19. The number of H-pyrrole nitrogens is 1. The van der Waals surface area contributed by atoms with Gasteiger partial charge in [-0.15, -0.1) is 0 Å². The highest BCUT2D eigenvalue weighted by atomic mass is 16.5. The summed E-state index contributed by atoms with van der Waals surface area (Å²) in [5.41, 5.74) is 6.77. The lowest BCUT2D eigenvalue weighted by molar-refractivity contribution is 0.316. The topological polar surface area (TPSA) is 89.7 Å². The Balaban J connectivity index is 2.07. The molecule has 0 fully saturated rings. The summed E-state index contributed by atoms with van der Waals surface area (Å²) in [4.78, 5) is 15.0. The first kappa shape index (κ1) is 11.4. The van der Waals surface area contributed by atoms with Crippen molar-refractivity contribution in [3.05, 3.63) is 18.5 Å². The van der Waals surface area contributed by atoms with Crippen molar-refractivity contribution in [2.75, 3.05) is 12.3 Å². The fourth-order valence-electron chi connectivity index (χ4n) is 1.44. The Bertz CT molecular complexity index is 520. The molecule has 0 amide bonds. The van der Waals surface area contributed by atoms with E-state index < -0.39 is 0 Å². The van der Waals surface area contributed by atoms with Crippen LogP contribution in [0.3, 0.4) is 0 Å². The van der Waals surface area contributed by atoms with E-state index >= 15 is 0 Å². The van der Waals surface area contributed by atoms with Crippen molar-refractivity contribution in [2.24, 2.45) is 0 Å². The van der Waals surface area contributed by atoms with E-state index in [9.17, 15) is 0 Å². The Kier molecular flexibility index (Phi) is 3.54. The number of aromatic nitrogens is 4. The molecular formula is C11H15N5O. The molecule has 6 nitrogen and oxygen atoms in total. The predicted molar refractivity (Wildman–Crippen MR) is 65.6 cm³/mol. The maximum Gasteiger partial charge on any atom is 0.245 e. The third-order valence-corrected chi connectivity index (χ3v) is 2.20. The fourth-order valence-corrected chi connectivity index (χ4v) is 1.44. The van der Waals surface area contributed by atoms with Crippen molar-refractivity contribution in [2.45, 2.75) is 19.8 Å². The van der Waals surface area contributed by atoms with Crippen molar-refractivity contribution in [1.29, 1.82) is 0 Å². The number of rotatable bonds is 5. The normalized spacial score (nSPS) is 11.4. The second kappa shape index (κ2) is 5.29. The van der Waals surface area contributed by atoms with Gasteiger partial charge in [-0.05, 0) is 12.8 Å². The largest absolute Gasteiger partial charge is 0.476 e. The quantitative estimate of drug-likeness (QED) is 0.605. The molecule has 2 aromatic rings. The van der Waals surface area contributed by atoms with Crippen molar-refractivity contribution in [3.8, 4) is 5.88 Å². The summed E-state index contributed by atoms with van der Waals surface area (Å²) in [6, 6.07) is 0. The fraction of sp³-hybridized carbons (Fsp3) is 0.364. The van der Waals surface area contributed by atoms with Crippen LogP contribution in [0.5, 0.6) is 5.88 Å². The van der Waals surface area contributed by atoms with Crippen molar-refractivity contribution in [1.82, 2.24) is 19.9 Å². The van der Waals surface area contributed by atoms with E-state index in [4.69, 9.17) is 10.5 Å². The van der Waals surface area contributed by atoms with Crippen molar-refractivity contribution < 1.29 is 4.74 Å². The number of anilines is 1. The highest BCUT2D eigenvalue weighted by Gasteiger charge is 2.08. The molecule has 0 aliphatic heterocycles. The number of ether oxygens (including phenoxy) is 1. The SMILES string of the molecule is CCC=CCCOc1nc(N)nc2nc[nH]c12. The summed E-state index contributed by atoms with van der Waals surface area (Å²) in [7, 11) is 0. The number of nitrogens with two attached hydrogens (primary N) is 1. The lowest BCUT2D eigenvalue weighted by atomic mass is 10.3. The van der Waals surface area contributed by atoms with Crippen LogP contribution in [-0.4, -0.2) is 26.5 Å². The van der Waals surface area contributed by atoms with E-state index in [1.54, 1.807) is 6.33 Å². The van der Waals surface area contributed by atoms with Gasteiger partial charge in [0.25, 0.3) is 0 Å². The molecule has 17 heavy (non-hydrogen) atoms. The lowest BCUT2D eigenvalue weighted by Gasteiger charge is -2.04. The number of nitrogens with zero attached hydrogens (tertiary/aromatic N) is 3. The van der Waals surface area contributed by atoms with Crippen LogP contribution >= 0.6 is 0 Å². The Morgan fingerprint density at radius 2 is 2.29 bits per heavy atom. The average Bonchev–Trinajstić information content (AvgIpc) is 2.76. The summed E-state index contributed by atoms with van der Waals surface area (Å²) in [5, 5.41) is 0. The van der Waals surface area contributed by atoms with Gasteiger partial charge in [0.05, 0.1) is 12.9 Å². The van der Waals surface area contributed by atoms with E-state index in [2.05, 4.69) is 39.0 Å². The smallest absolute Gasteiger partial charge is 0.245 e. The first-order valence-corrected chi connectivity index (χ1v) is 5.55. The number of allylic oxidation sites excluding steroid dienone is 1. The molecule has 0 atom stereocenters. The zero-order valence-corrected chi connectivity index (χ0v) is 9.68. The monoisotopic (exact) mass is 233 g/mol. The summed E-state index contributed by atoms with van der Waals surface area (Å²) in [5.74, 6) is 0.624. The first-order chi connectivity index (χ1) is 8.31. The molecule has 0 aromatic carbocycles. The number of fused-ring (bicyclic) bond motifs is 1. The maximum atomic E-state index is 5.57. The number of hydrogen-bond donors (Lipinski definition) is 2. The van der Waals surface area contributed by atoms with Gasteiger partial charge < -0.3 is 15.5 Å². The minimum absolute atomic E-state index is 0.170. The molecule has 6 heteroatoms. The van der Waals surface area contributed by atoms with Gasteiger partial charge in [0.15, 0.2) is 5.65 Å². The zero-order chi connectivity index (χ0) is 12.1. The van der Waals surface area contributed by atoms with Crippen LogP contribution in [0.2, 0.25) is 0 Å². The van der Waals surface area contributed by atoms with Gasteiger partial charge in [0.2, 0.25) is 11.8 Å². The number of aromatic amines is 1. The maximum absolute atomic E-state index is 5.57. The van der Waals surface area contributed by atoms with Gasteiger partial charge in [-0.1, -0.05) is 19.1 Å². The second-order valence-corrected chi connectivity index (χ2v) is 3.50. The summed E-state index contributed by atoms with van der Waals surface area (Å²) in [6.45, 7) is 2.65. The van der Waals surface area contributed by atoms with E-state index in [0.29, 0.717) is 23.7 Å². The van der Waals surface area contributed by atoms with E-state index in [1.807, 2.05) is 0 Å². The molecular weight excluding hydrogens is 218 g/mol. The summed E-state index contributed by atoms with van der Waals surface area (Å²) in [6.07, 6.45) is 7.60. The summed E-state index contributed by atoms with van der Waals surface area (Å²) < 4.78 is 5.55. The Morgan fingerprint density at radius 1 is 1.41 bits per heavy atom. The van der Waals surface area contributed by atoms with Crippen LogP contribution in [0.4, 0.5) is 5.95 Å². The minimum Gasteiger partial charge on any atom is -0.476 e. The van der Waals surface area contributed by atoms with E-state index in [0.717, 1.165) is 12.8 Å². The molecule has 0 aliphatic rings. The third-order valence-electron chi connectivity index (χ3n) is 2.20. The van der Waals surface area contributed by atoms with E-state index in [-0.39, 0.29) is 5.95 Å². The molecule has 0 radical (unpaired) electrons. The molecule has 2 heterocycles. The lowest BCUT2D eigenvalue weighted by Crippen LogP contribution is -2.02. The molecule has 0 unspecified atom stereocenters. The van der Waals surface area contributed by atoms with Gasteiger partial charge in [0, 0.05) is 0 Å². The molecule has 2 rings (SSSR count). The van der Waals surface area contributed by atoms with Crippen molar-refractivity contribution >= 4 is 17.1 Å². The molecule has 0 saturated carbocycles. The molecule has 2 aromatic heterocycles. The first-order valence-electron chi connectivity index (χ1n) is 5.55. The van der Waals surface area contributed by atoms with Crippen LogP contribution in [0.25, 0.3) is 11.2 Å². The van der Waals surface area contributed by atoms with Crippen LogP contribution < -0.4 is 10.5 Å². The van der Waals surface area contributed by atoms with Gasteiger partial charge in [0.1, 0.15) is 5.52 Å². The van der Waals surface area contributed by atoms with Crippen LogP contribution in [0.1, 0.15) is 19.8 Å². The highest BCUT2D eigenvalue weighted by molar-refractivity contribution is 5.76. The van der Waals surface area contributed by atoms with Crippen LogP contribution in [-0.2, 0) is 0 Å². The van der Waals surface area contributed by atoms with Crippen LogP contribution in [0.15, 0.2) is 18.5 Å². The van der Waals surface area contributed by atoms with E-state index in [1.165, 1.54) is 0 Å². The molecule has 0 aliphatic carbocycles. The average molecular weight is 233 g/mol. The third kappa shape index (κ3) is 2.72. The Labute approximate surface area is 98.9 Å². The number of imidazole rings is 1. The van der Waals surface area contributed by atoms with Crippen molar-refractivity contribution in [3.63, 3.8) is 0 Å². The number of nitrogens with one attached hydrogen (secondary N) is 1. The molecule has 0 saturated heterocycles. The van der Waals surface area contributed by atoms with Gasteiger partial charge in [-0.2, -0.15) is 9.97 Å². The van der Waals surface area contributed by atoms with Gasteiger partial charge in [-0.3, -0.25) is 0 Å². The van der Waals surface area contributed by atoms with Crippen LogP contribution in [0, 0.1) is 0 Å². The number of nitrogen functional groups attached to an aromatic ring is 1. The molecule has 3 N–H and O–H groups in total. The zero-order valence-electron chi connectivity index (χ0n) is 9.68. The molecule has 90 valence electrons. The second-order valence-electron chi connectivity index (χ2n) is 3.50. The Hall–Kier alpha value is -2.11.